The fourth-order valence-corrected chi connectivity index (χ4v) is 3.83. The summed E-state index contributed by atoms with van der Waals surface area (Å²) in [4.78, 5) is 28.0. The predicted molar refractivity (Wildman–Crippen MR) is 110 cm³/mol. The summed E-state index contributed by atoms with van der Waals surface area (Å²) in [6, 6.07) is 16.7. The minimum atomic E-state index is -0.858. The summed E-state index contributed by atoms with van der Waals surface area (Å²) in [6.45, 7) is 0.265. The SMILES string of the molecule is O=C(Nc1ccc(Cl)cc1)[C@@H]1c2cccc[n+]2CC(=O)N1c1ccc2c(c1)OCO2. The summed E-state index contributed by atoms with van der Waals surface area (Å²) in [7, 11) is 0. The maximum absolute atomic E-state index is 13.4. The molecule has 0 spiro atoms. The number of hydrogen-bond donors (Lipinski definition) is 1. The van der Waals surface area contributed by atoms with Gasteiger partial charge in [-0.15, -0.1) is 0 Å². The summed E-state index contributed by atoms with van der Waals surface area (Å²) in [5.41, 5.74) is 1.87. The Morgan fingerprint density at radius 1 is 1.07 bits per heavy atom. The van der Waals surface area contributed by atoms with Gasteiger partial charge in [-0.3, -0.25) is 14.5 Å². The second-order valence-electron chi connectivity index (χ2n) is 6.95. The Labute approximate surface area is 177 Å². The van der Waals surface area contributed by atoms with E-state index in [1.807, 2.05) is 18.2 Å². The van der Waals surface area contributed by atoms with Crippen molar-refractivity contribution in [3.63, 3.8) is 0 Å². The van der Waals surface area contributed by atoms with Crippen molar-refractivity contribution < 1.29 is 23.6 Å². The van der Waals surface area contributed by atoms with Crippen molar-refractivity contribution in [1.29, 1.82) is 0 Å². The van der Waals surface area contributed by atoms with Crippen LogP contribution in [0.25, 0.3) is 0 Å². The van der Waals surface area contributed by atoms with E-state index in [0.717, 1.165) is 0 Å². The molecule has 8 heteroatoms. The van der Waals surface area contributed by atoms with Crippen molar-refractivity contribution in [2.75, 3.05) is 17.0 Å². The molecule has 1 N–H and O–H groups in total. The summed E-state index contributed by atoms with van der Waals surface area (Å²) in [5, 5.41) is 3.46. The monoisotopic (exact) mass is 422 g/mol. The van der Waals surface area contributed by atoms with E-state index in [4.69, 9.17) is 21.1 Å². The normalized spacial score (nSPS) is 16.9. The first kappa shape index (κ1) is 18.4. The summed E-state index contributed by atoms with van der Waals surface area (Å²) >= 11 is 5.94. The highest BCUT2D eigenvalue weighted by Gasteiger charge is 2.44. The molecule has 2 amide bonds. The average molecular weight is 423 g/mol. The van der Waals surface area contributed by atoms with E-state index < -0.39 is 6.04 Å². The van der Waals surface area contributed by atoms with Gasteiger partial charge in [0.2, 0.25) is 25.1 Å². The van der Waals surface area contributed by atoms with E-state index in [9.17, 15) is 9.59 Å². The molecule has 0 saturated heterocycles. The van der Waals surface area contributed by atoms with Gasteiger partial charge in [0.15, 0.2) is 17.7 Å². The molecule has 0 bridgehead atoms. The highest BCUT2D eigenvalue weighted by atomic mass is 35.5. The molecule has 0 fully saturated rings. The molecular weight excluding hydrogens is 406 g/mol. The van der Waals surface area contributed by atoms with Gasteiger partial charge in [0.25, 0.3) is 11.8 Å². The molecule has 2 aliphatic heterocycles. The predicted octanol–water partition coefficient (Wildman–Crippen LogP) is 3.08. The lowest BCUT2D eigenvalue weighted by atomic mass is 10.0. The van der Waals surface area contributed by atoms with Crippen LogP contribution in [0, 0.1) is 0 Å². The van der Waals surface area contributed by atoms with Gasteiger partial charge >= 0.3 is 0 Å². The molecule has 3 aromatic rings. The maximum Gasteiger partial charge on any atom is 0.294 e. The molecular formula is C22H17ClN3O4+. The zero-order chi connectivity index (χ0) is 20.7. The third kappa shape index (κ3) is 3.23. The molecule has 1 atom stereocenters. The molecule has 2 aliphatic rings. The van der Waals surface area contributed by atoms with Crippen LogP contribution in [-0.4, -0.2) is 18.6 Å². The smallest absolute Gasteiger partial charge is 0.294 e. The highest BCUT2D eigenvalue weighted by molar-refractivity contribution is 6.30. The molecule has 0 aliphatic carbocycles. The Morgan fingerprint density at radius 2 is 1.87 bits per heavy atom. The largest absolute Gasteiger partial charge is 0.454 e. The molecule has 0 unspecified atom stereocenters. The van der Waals surface area contributed by atoms with Crippen LogP contribution in [0.15, 0.2) is 66.9 Å². The van der Waals surface area contributed by atoms with Crippen LogP contribution in [-0.2, 0) is 16.1 Å². The summed E-state index contributed by atoms with van der Waals surface area (Å²) in [5.74, 6) is 0.626. The number of rotatable bonds is 3. The number of anilines is 2. The third-order valence-corrected chi connectivity index (χ3v) is 5.33. The number of pyridine rings is 1. The van der Waals surface area contributed by atoms with Gasteiger partial charge in [-0.05, 0) is 36.4 Å². The molecule has 1 aromatic heterocycles. The Balaban J connectivity index is 1.56. The quantitative estimate of drug-likeness (QED) is 0.658. The number of aromatic nitrogens is 1. The van der Waals surface area contributed by atoms with Crippen LogP contribution >= 0.6 is 11.6 Å². The highest BCUT2D eigenvalue weighted by Crippen LogP contribution is 2.38. The van der Waals surface area contributed by atoms with E-state index in [-0.39, 0.29) is 25.2 Å². The van der Waals surface area contributed by atoms with Crippen molar-refractivity contribution in [3.05, 3.63) is 77.6 Å². The first-order valence-corrected chi connectivity index (χ1v) is 9.74. The third-order valence-electron chi connectivity index (χ3n) is 5.08. The van der Waals surface area contributed by atoms with Crippen LogP contribution in [0.2, 0.25) is 5.02 Å². The van der Waals surface area contributed by atoms with Gasteiger partial charge in [0.05, 0.1) is 0 Å². The first-order valence-electron chi connectivity index (χ1n) is 9.37. The molecule has 0 saturated carbocycles. The number of amides is 2. The Hall–Kier alpha value is -3.58. The van der Waals surface area contributed by atoms with Crippen molar-refractivity contribution in [1.82, 2.24) is 0 Å². The molecule has 30 heavy (non-hydrogen) atoms. The van der Waals surface area contributed by atoms with Gasteiger partial charge in [0, 0.05) is 34.6 Å². The lowest BCUT2D eigenvalue weighted by molar-refractivity contribution is -0.695. The minimum absolute atomic E-state index is 0.131. The second kappa shape index (κ2) is 7.35. The topological polar surface area (TPSA) is 71.8 Å². The number of carbonyl (C=O) groups excluding carboxylic acids is 2. The van der Waals surface area contributed by atoms with Crippen LogP contribution in [0.1, 0.15) is 11.7 Å². The Bertz CT molecular complexity index is 1150. The van der Waals surface area contributed by atoms with E-state index in [2.05, 4.69) is 5.32 Å². The Kier molecular flexibility index (Phi) is 4.52. The summed E-state index contributed by atoms with van der Waals surface area (Å²) < 4.78 is 12.6. The van der Waals surface area contributed by atoms with Gasteiger partial charge in [-0.2, -0.15) is 4.57 Å². The summed E-state index contributed by atoms with van der Waals surface area (Å²) in [6.07, 6.45) is 1.80. The van der Waals surface area contributed by atoms with Gasteiger partial charge in [-0.1, -0.05) is 17.7 Å². The first-order chi connectivity index (χ1) is 14.6. The molecule has 150 valence electrons. The average Bonchev–Trinajstić information content (AvgIpc) is 3.22. The lowest BCUT2D eigenvalue weighted by Crippen LogP contribution is -2.58. The molecule has 2 aromatic carbocycles. The molecule has 5 rings (SSSR count). The zero-order valence-electron chi connectivity index (χ0n) is 15.7. The number of carbonyl (C=O) groups is 2. The minimum Gasteiger partial charge on any atom is -0.454 e. The standard InChI is InChI=1S/C22H16ClN3O4/c23-14-4-6-15(7-5-14)24-22(28)21-17-3-1-2-10-25(17)12-20(27)26(21)16-8-9-18-19(11-16)30-13-29-18/h1-11,21H,12-13H2/p+1/t21-/m0/s1. The van der Waals surface area contributed by atoms with E-state index in [1.54, 1.807) is 53.2 Å². The fraction of sp³-hybridized carbons (Fsp3) is 0.136. The van der Waals surface area contributed by atoms with Crippen molar-refractivity contribution in [2.24, 2.45) is 0 Å². The number of benzene rings is 2. The number of ether oxygens (including phenoxy) is 2. The van der Waals surface area contributed by atoms with Crippen molar-refractivity contribution in [3.8, 4) is 11.5 Å². The van der Waals surface area contributed by atoms with Gasteiger partial charge in [0.1, 0.15) is 0 Å². The van der Waals surface area contributed by atoms with Gasteiger partial charge in [-0.25, -0.2) is 0 Å². The molecule has 0 radical (unpaired) electrons. The lowest BCUT2D eigenvalue weighted by Gasteiger charge is -2.32. The Morgan fingerprint density at radius 3 is 2.70 bits per heavy atom. The zero-order valence-corrected chi connectivity index (χ0v) is 16.5. The van der Waals surface area contributed by atoms with Crippen LogP contribution in [0.5, 0.6) is 11.5 Å². The van der Waals surface area contributed by atoms with E-state index in [0.29, 0.717) is 33.6 Å². The van der Waals surface area contributed by atoms with E-state index in [1.165, 1.54) is 4.90 Å². The number of halogens is 1. The van der Waals surface area contributed by atoms with Crippen molar-refractivity contribution in [2.45, 2.75) is 12.6 Å². The molecule has 7 nitrogen and oxygen atoms in total. The second-order valence-corrected chi connectivity index (χ2v) is 7.39. The van der Waals surface area contributed by atoms with Crippen molar-refractivity contribution >= 4 is 34.8 Å². The van der Waals surface area contributed by atoms with Crippen LogP contribution < -0.4 is 24.3 Å². The number of fused-ring (bicyclic) bond motifs is 2. The van der Waals surface area contributed by atoms with Gasteiger partial charge < -0.3 is 14.8 Å². The fourth-order valence-electron chi connectivity index (χ4n) is 3.70. The van der Waals surface area contributed by atoms with E-state index >= 15 is 0 Å². The number of nitrogens with one attached hydrogen (secondary N) is 1. The maximum atomic E-state index is 13.4. The number of nitrogens with zero attached hydrogens (tertiary/aromatic N) is 2. The number of hydrogen-bond acceptors (Lipinski definition) is 4. The molecule has 3 heterocycles. The van der Waals surface area contributed by atoms with Crippen LogP contribution in [0.4, 0.5) is 11.4 Å². The van der Waals surface area contributed by atoms with Crippen LogP contribution in [0.3, 0.4) is 0 Å².